The highest BCUT2D eigenvalue weighted by Gasteiger charge is 2.24. The van der Waals surface area contributed by atoms with Crippen LogP contribution in [0.3, 0.4) is 0 Å². The van der Waals surface area contributed by atoms with E-state index in [1.54, 1.807) is 0 Å². The van der Waals surface area contributed by atoms with E-state index in [1.807, 2.05) is 0 Å². The molecule has 0 radical (unpaired) electrons. The Morgan fingerprint density at radius 3 is 1.68 bits per heavy atom. The summed E-state index contributed by atoms with van der Waals surface area (Å²) in [6, 6.07) is 56.5. The zero-order valence-electron chi connectivity index (χ0n) is 32.2. The van der Waals surface area contributed by atoms with Crippen LogP contribution in [0.25, 0.3) is 105 Å². The molecule has 0 aliphatic heterocycles. The maximum Gasteiger partial charge on any atom is 0.0562 e. The minimum Gasteiger partial charge on any atom is -0.313 e. The predicted molar refractivity (Wildman–Crippen MR) is 258 cm³/mol. The molecule has 0 spiro atoms. The molecule has 0 saturated carbocycles. The summed E-state index contributed by atoms with van der Waals surface area (Å²) >= 11 is 2.59. The zero-order chi connectivity index (χ0) is 38.8. The Hall–Kier alpha value is -6.57. The van der Waals surface area contributed by atoms with Gasteiger partial charge in [0.1, 0.15) is 0 Å². The lowest BCUT2D eigenvalue weighted by Gasteiger charge is -2.18. The number of aryl methyl sites for hydroxylation is 1. The molecule has 280 valence electrons. The third kappa shape index (κ3) is 4.82. The van der Waals surface area contributed by atoms with Gasteiger partial charge in [0.15, 0.2) is 0 Å². The lowest BCUT2D eigenvalue weighted by molar-refractivity contribution is 0.967. The first-order chi connectivity index (χ1) is 29.2. The van der Waals surface area contributed by atoms with E-state index in [-0.39, 0.29) is 0 Å². The molecule has 2 aliphatic rings. The Kier molecular flexibility index (Phi) is 7.20. The van der Waals surface area contributed by atoms with Crippen molar-refractivity contribution in [1.82, 2.24) is 18.3 Å². The number of para-hydroxylation sites is 4. The summed E-state index contributed by atoms with van der Waals surface area (Å²) in [7, 11) is 0. The van der Waals surface area contributed by atoms with Crippen molar-refractivity contribution in [2.24, 2.45) is 0 Å². The molecule has 7 aromatic carbocycles. The standard InChI is InChI=1S/C54H37IN4/c55-34-13-12-16-36(29-34)59-52-31-38(58-49-23-10-6-19-41(49)42-20-7-11-24-50(42)58)26-28-44(52)46-32-45-43-27-25-37(57-47-21-8-4-17-39(47)40-18-5-9-22-48(40)57)30-51(43)56(53(45)33-54(46)59)35-14-2-1-3-15-35/h1-6,8-19,21-28,30-34H,7,20,29H2. The van der Waals surface area contributed by atoms with Crippen LogP contribution < -0.4 is 0 Å². The van der Waals surface area contributed by atoms with Gasteiger partial charge in [-0.25, -0.2) is 0 Å². The molecule has 1 unspecified atom stereocenters. The van der Waals surface area contributed by atoms with Gasteiger partial charge < -0.3 is 18.3 Å². The Morgan fingerprint density at radius 1 is 0.441 bits per heavy atom. The zero-order valence-corrected chi connectivity index (χ0v) is 34.3. The number of nitrogens with zero attached hydrogens (tertiary/aromatic N) is 4. The second-order valence-corrected chi connectivity index (χ2v) is 17.7. The molecule has 59 heavy (non-hydrogen) atoms. The van der Waals surface area contributed by atoms with Crippen molar-refractivity contribution in [1.29, 1.82) is 0 Å². The third-order valence-corrected chi connectivity index (χ3v) is 13.7. The van der Waals surface area contributed by atoms with Gasteiger partial charge in [-0.1, -0.05) is 126 Å². The van der Waals surface area contributed by atoms with Crippen LogP contribution in [0.15, 0.2) is 176 Å². The largest absolute Gasteiger partial charge is 0.313 e. The predicted octanol–water partition coefficient (Wildman–Crippen LogP) is 14.5. The highest BCUT2D eigenvalue weighted by Crippen LogP contribution is 2.43. The van der Waals surface area contributed by atoms with Crippen molar-refractivity contribution in [3.63, 3.8) is 0 Å². The summed E-state index contributed by atoms with van der Waals surface area (Å²) in [6.07, 6.45) is 14.7. The number of halogens is 1. The normalized spacial score (nSPS) is 15.5. The average molecular weight is 869 g/mol. The van der Waals surface area contributed by atoms with Gasteiger partial charge in [-0.15, -0.1) is 0 Å². The maximum absolute atomic E-state index is 2.59. The van der Waals surface area contributed by atoms with Crippen molar-refractivity contribution in [2.45, 2.75) is 23.2 Å². The van der Waals surface area contributed by atoms with Gasteiger partial charge in [-0.05, 0) is 97.3 Å². The Bertz CT molecular complexity index is 3600. The number of aromatic nitrogens is 4. The number of allylic oxidation sites excluding steroid dienone is 5. The molecule has 0 N–H and O–H groups in total. The monoisotopic (exact) mass is 868 g/mol. The van der Waals surface area contributed by atoms with E-state index in [0.29, 0.717) is 3.92 Å². The molecule has 4 heterocycles. The molecule has 5 heteroatoms. The Labute approximate surface area is 354 Å². The van der Waals surface area contributed by atoms with Crippen LogP contribution in [0.5, 0.6) is 0 Å². The quantitative estimate of drug-likeness (QED) is 0.124. The fourth-order valence-corrected chi connectivity index (χ4v) is 11.1. The lowest BCUT2D eigenvalue weighted by atomic mass is 10.0. The van der Waals surface area contributed by atoms with Crippen LogP contribution in [0.2, 0.25) is 0 Å². The third-order valence-electron chi connectivity index (χ3n) is 12.9. The van der Waals surface area contributed by atoms with Crippen molar-refractivity contribution in [3.8, 4) is 17.1 Å². The van der Waals surface area contributed by atoms with Crippen molar-refractivity contribution in [2.75, 3.05) is 0 Å². The number of rotatable bonds is 4. The van der Waals surface area contributed by atoms with E-state index in [2.05, 4.69) is 223 Å². The minimum atomic E-state index is 0.424. The van der Waals surface area contributed by atoms with E-state index in [0.717, 1.165) is 30.6 Å². The topological polar surface area (TPSA) is 19.7 Å². The first-order valence-corrected chi connectivity index (χ1v) is 21.9. The van der Waals surface area contributed by atoms with Crippen LogP contribution >= 0.6 is 22.6 Å². The second kappa shape index (κ2) is 12.7. The molecule has 0 amide bonds. The molecular formula is C54H37IN4. The van der Waals surface area contributed by atoms with Gasteiger partial charge >= 0.3 is 0 Å². The first-order valence-electron chi connectivity index (χ1n) is 20.6. The smallest absolute Gasteiger partial charge is 0.0562 e. The molecule has 11 aromatic rings. The second-order valence-electron chi connectivity index (χ2n) is 16.1. The number of alkyl halides is 1. The van der Waals surface area contributed by atoms with E-state index in [9.17, 15) is 0 Å². The number of hydrogen-bond donors (Lipinski definition) is 0. The van der Waals surface area contributed by atoms with Gasteiger partial charge in [0.2, 0.25) is 0 Å². The molecule has 4 nitrogen and oxygen atoms in total. The summed E-state index contributed by atoms with van der Waals surface area (Å²) in [5.41, 5.74) is 16.2. The summed E-state index contributed by atoms with van der Waals surface area (Å²) in [6.45, 7) is 0. The van der Waals surface area contributed by atoms with Gasteiger partial charge in [0, 0.05) is 76.5 Å². The summed E-state index contributed by atoms with van der Waals surface area (Å²) < 4.78 is 10.4. The van der Waals surface area contributed by atoms with Gasteiger partial charge in [0.05, 0.1) is 38.6 Å². The Morgan fingerprint density at radius 2 is 0.983 bits per heavy atom. The molecule has 0 bridgehead atoms. The molecule has 0 fully saturated rings. The van der Waals surface area contributed by atoms with E-state index >= 15 is 0 Å². The summed E-state index contributed by atoms with van der Waals surface area (Å²) in [4.78, 5) is 0. The van der Waals surface area contributed by atoms with Crippen molar-refractivity contribution in [3.05, 3.63) is 187 Å². The molecule has 1 atom stereocenters. The Balaban J connectivity index is 1.11. The van der Waals surface area contributed by atoms with Crippen LogP contribution in [-0.4, -0.2) is 22.2 Å². The first kappa shape index (κ1) is 33.4. The number of benzene rings is 7. The van der Waals surface area contributed by atoms with E-state index in [1.165, 1.54) is 99.0 Å². The fraction of sp³-hybridized carbons (Fsp3) is 0.0741. The number of fused-ring (bicyclic) bond motifs is 12. The van der Waals surface area contributed by atoms with Crippen LogP contribution in [0.4, 0.5) is 0 Å². The fourth-order valence-electron chi connectivity index (χ4n) is 10.4. The van der Waals surface area contributed by atoms with Gasteiger partial charge in [-0.3, -0.25) is 0 Å². The van der Waals surface area contributed by atoms with Crippen LogP contribution in [0.1, 0.15) is 24.1 Å². The highest BCUT2D eigenvalue weighted by atomic mass is 127. The average Bonchev–Trinajstić information content (AvgIpc) is 4.00. The van der Waals surface area contributed by atoms with Crippen LogP contribution in [-0.2, 0) is 6.42 Å². The van der Waals surface area contributed by atoms with Gasteiger partial charge in [-0.2, -0.15) is 0 Å². The lowest BCUT2D eigenvalue weighted by Crippen LogP contribution is -2.06. The summed E-state index contributed by atoms with van der Waals surface area (Å²) in [5.74, 6) is 0. The molecule has 13 rings (SSSR count). The molecule has 0 saturated heterocycles. The SMILES string of the molecule is IC1C=CC=C(n2c3cc(-n4c5c(c6ccccc64)CCC=C5)ccc3c3cc4c5ccc(-n6c7ccccc7c7ccccc76)cc5n(-c5ccccc5)c4cc32)C1. The molecule has 4 aromatic heterocycles. The maximum atomic E-state index is 2.59. The summed E-state index contributed by atoms with van der Waals surface area (Å²) in [5, 5.41) is 8.95. The number of hydrogen-bond acceptors (Lipinski definition) is 0. The van der Waals surface area contributed by atoms with Crippen molar-refractivity contribution >= 4 is 111 Å². The van der Waals surface area contributed by atoms with E-state index < -0.39 is 0 Å². The van der Waals surface area contributed by atoms with Gasteiger partial charge in [0.25, 0.3) is 0 Å². The highest BCUT2D eigenvalue weighted by molar-refractivity contribution is 14.1. The molecular weight excluding hydrogens is 832 g/mol. The van der Waals surface area contributed by atoms with Crippen LogP contribution in [0, 0.1) is 0 Å². The minimum absolute atomic E-state index is 0.424. The van der Waals surface area contributed by atoms with E-state index in [4.69, 9.17) is 0 Å². The molecule has 2 aliphatic carbocycles. The van der Waals surface area contributed by atoms with Crippen molar-refractivity contribution < 1.29 is 0 Å².